The lowest BCUT2D eigenvalue weighted by molar-refractivity contribution is -0.134. The Labute approximate surface area is 151 Å². The van der Waals surface area contributed by atoms with Crippen LogP contribution in [0.3, 0.4) is 0 Å². The number of carbonyl (C=O) groups excluding carboxylic acids is 1. The Morgan fingerprint density at radius 2 is 1.96 bits per heavy atom. The molecule has 1 saturated heterocycles. The van der Waals surface area contributed by atoms with Crippen molar-refractivity contribution in [3.05, 3.63) is 29.8 Å². The fourth-order valence-electron chi connectivity index (χ4n) is 3.77. The van der Waals surface area contributed by atoms with Crippen LogP contribution in [0.25, 0.3) is 0 Å². The Kier molecular flexibility index (Phi) is 6.16. The van der Waals surface area contributed by atoms with Gasteiger partial charge in [0, 0.05) is 19.5 Å². The summed E-state index contributed by atoms with van der Waals surface area (Å²) in [4.78, 5) is 14.6. The highest BCUT2D eigenvalue weighted by molar-refractivity contribution is 5.85. The summed E-state index contributed by atoms with van der Waals surface area (Å²) in [5, 5.41) is 0. The Balaban J connectivity index is 0.00000208. The van der Waals surface area contributed by atoms with E-state index >= 15 is 0 Å². The van der Waals surface area contributed by atoms with Gasteiger partial charge in [0.1, 0.15) is 11.9 Å². The number of likely N-dealkylation sites (tertiary alicyclic amines) is 1. The minimum absolute atomic E-state index is 0. The molecule has 1 aromatic rings. The van der Waals surface area contributed by atoms with Crippen LogP contribution < -0.4 is 10.5 Å². The van der Waals surface area contributed by atoms with Crippen LogP contribution in [-0.4, -0.2) is 36.5 Å². The van der Waals surface area contributed by atoms with Crippen molar-refractivity contribution in [2.75, 3.05) is 19.6 Å². The average Bonchev–Trinajstić information content (AvgIpc) is 2.97. The number of benzene rings is 1. The third-order valence-electron chi connectivity index (χ3n) is 5.60. The van der Waals surface area contributed by atoms with Gasteiger partial charge < -0.3 is 15.4 Å². The van der Waals surface area contributed by atoms with Crippen LogP contribution in [0.5, 0.6) is 5.75 Å². The van der Waals surface area contributed by atoms with E-state index in [-0.39, 0.29) is 29.8 Å². The lowest BCUT2D eigenvalue weighted by atomic mass is 9.74. The summed E-state index contributed by atoms with van der Waals surface area (Å²) in [7, 11) is 0. The maximum atomic E-state index is 12.6. The van der Waals surface area contributed by atoms with Crippen molar-refractivity contribution in [3.8, 4) is 5.75 Å². The van der Waals surface area contributed by atoms with Crippen molar-refractivity contribution in [2.24, 2.45) is 17.1 Å². The first kappa shape index (κ1) is 19.1. The number of nitrogens with zero attached hydrogens (tertiary/aromatic N) is 1. The zero-order valence-electron chi connectivity index (χ0n) is 14.7. The summed E-state index contributed by atoms with van der Waals surface area (Å²) in [5.74, 6) is 1.78. The monoisotopic (exact) mass is 352 g/mol. The first-order valence-electron chi connectivity index (χ1n) is 8.72. The number of carbonyl (C=O) groups is 1. The summed E-state index contributed by atoms with van der Waals surface area (Å²) < 4.78 is 5.90. The Morgan fingerprint density at radius 3 is 2.58 bits per heavy atom. The number of ether oxygens (including phenoxy) is 1. The first-order valence-corrected chi connectivity index (χ1v) is 8.72. The molecule has 2 heterocycles. The normalized spacial score (nSPS) is 21.0. The van der Waals surface area contributed by atoms with Gasteiger partial charge in [-0.15, -0.1) is 12.4 Å². The zero-order valence-corrected chi connectivity index (χ0v) is 15.5. The molecule has 3 rings (SSSR count). The minimum Gasteiger partial charge on any atom is -0.489 e. The van der Waals surface area contributed by atoms with Crippen molar-refractivity contribution in [1.29, 1.82) is 0 Å². The van der Waals surface area contributed by atoms with E-state index in [9.17, 15) is 4.79 Å². The van der Waals surface area contributed by atoms with Crippen molar-refractivity contribution >= 4 is 18.3 Å². The largest absolute Gasteiger partial charge is 0.489 e. The molecule has 0 aromatic heterocycles. The van der Waals surface area contributed by atoms with E-state index in [0.717, 1.165) is 38.1 Å². The molecule has 2 N–H and O–H groups in total. The van der Waals surface area contributed by atoms with Gasteiger partial charge in [-0.1, -0.05) is 32.0 Å². The minimum atomic E-state index is -0.00175. The molecule has 1 atom stereocenters. The highest BCUT2D eigenvalue weighted by atomic mass is 35.5. The van der Waals surface area contributed by atoms with Gasteiger partial charge in [0.25, 0.3) is 0 Å². The summed E-state index contributed by atoms with van der Waals surface area (Å²) in [6.45, 7) is 6.89. The molecule has 2 aliphatic heterocycles. The van der Waals surface area contributed by atoms with Crippen molar-refractivity contribution in [2.45, 2.75) is 45.6 Å². The summed E-state index contributed by atoms with van der Waals surface area (Å²) in [5.41, 5.74) is 7.27. The number of piperidine rings is 1. The van der Waals surface area contributed by atoms with E-state index in [1.807, 2.05) is 23.1 Å². The molecule has 0 radical (unpaired) electrons. The third kappa shape index (κ3) is 4.04. The van der Waals surface area contributed by atoms with E-state index in [4.69, 9.17) is 10.5 Å². The maximum Gasteiger partial charge on any atom is 0.226 e. The molecule has 24 heavy (non-hydrogen) atoms. The van der Waals surface area contributed by atoms with Gasteiger partial charge in [-0.05, 0) is 42.3 Å². The van der Waals surface area contributed by atoms with E-state index < -0.39 is 0 Å². The number of hydrogen-bond acceptors (Lipinski definition) is 3. The van der Waals surface area contributed by atoms with Gasteiger partial charge in [0.15, 0.2) is 0 Å². The van der Waals surface area contributed by atoms with Crippen LogP contribution in [0, 0.1) is 11.3 Å². The van der Waals surface area contributed by atoms with Crippen molar-refractivity contribution in [1.82, 2.24) is 4.90 Å². The van der Waals surface area contributed by atoms with E-state index in [1.54, 1.807) is 0 Å². The smallest absolute Gasteiger partial charge is 0.226 e. The molecule has 4 nitrogen and oxygen atoms in total. The topological polar surface area (TPSA) is 55.6 Å². The van der Waals surface area contributed by atoms with Crippen LogP contribution in [-0.2, 0) is 11.2 Å². The van der Waals surface area contributed by atoms with Gasteiger partial charge in [0.05, 0.1) is 6.42 Å². The van der Waals surface area contributed by atoms with Crippen molar-refractivity contribution in [3.63, 3.8) is 0 Å². The molecule has 1 fully saturated rings. The number of fused-ring (bicyclic) bond motifs is 1. The van der Waals surface area contributed by atoms with Gasteiger partial charge in [-0.25, -0.2) is 0 Å². The number of rotatable bonds is 4. The molecule has 1 aromatic carbocycles. The van der Waals surface area contributed by atoms with E-state index in [2.05, 4.69) is 19.9 Å². The molecule has 0 bridgehead atoms. The Hall–Kier alpha value is -1.26. The highest BCUT2D eigenvalue weighted by Crippen LogP contribution is 2.35. The van der Waals surface area contributed by atoms with Gasteiger partial charge in [-0.3, -0.25) is 4.79 Å². The maximum absolute atomic E-state index is 12.6. The van der Waals surface area contributed by atoms with Crippen LogP contribution in [0.4, 0.5) is 0 Å². The fraction of sp³-hybridized carbons (Fsp3) is 0.632. The summed E-state index contributed by atoms with van der Waals surface area (Å²) in [6.07, 6.45) is 3.44. The second kappa shape index (κ2) is 7.75. The highest BCUT2D eigenvalue weighted by Gasteiger charge is 2.34. The quantitative estimate of drug-likeness (QED) is 0.906. The Morgan fingerprint density at radius 1 is 1.29 bits per heavy atom. The fourth-order valence-corrected chi connectivity index (χ4v) is 3.77. The molecule has 0 unspecified atom stereocenters. The molecule has 0 saturated carbocycles. The predicted octanol–water partition coefficient (Wildman–Crippen LogP) is 3.03. The van der Waals surface area contributed by atoms with Crippen LogP contribution >= 0.6 is 12.4 Å². The van der Waals surface area contributed by atoms with E-state index in [0.29, 0.717) is 18.9 Å². The van der Waals surface area contributed by atoms with Crippen LogP contribution in [0.2, 0.25) is 0 Å². The average molecular weight is 353 g/mol. The molecule has 0 aliphatic carbocycles. The number of halogens is 1. The van der Waals surface area contributed by atoms with Crippen LogP contribution in [0.1, 0.15) is 38.7 Å². The lowest BCUT2D eigenvalue weighted by Gasteiger charge is -2.40. The summed E-state index contributed by atoms with van der Waals surface area (Å²) in [6, 6.07) is 8.07. The number of para-hydroxylation sites is 1. The molecule has 5 heteroatoms. The van der Waals surface area contributed by atoms with Gasteiger partial charge in [0.2, 0.25) is 5.91 Å². The lowest BCUT2D eigenvalue weighted by Crippen LogP contribution is -2.44. The second-order valence-electron chi connectivity index (χ2n) is 7.60. The third-order valence-corrected chi connectivity index (χ3v) is 5.60. The molecule has 134 valence electrons. The zero-order chi connectivity index (χ0) is 16.4. The molecular formula is C19H29ClN2O2. The number of nitrogens with two attached hydrogens (primary N) is 1. The van der Waals surface area contributed by atoms with E-state index in [1.165, 1.54) is 5.56 Å². The van der Waals surface area contributed by atoms with Gasteiger partial charge >= 0.3 is 0 Å². The SMILES string of the molecule is CC(C)(CN)C1CCN(C(=O)C[C@H]2Cc3ccccc3O2)CC1.Cl. The second-order valence-corrected chi connectivity index (χ2v) is 7.60. The number of hydrogen-bond donors (Lipinski definition) is 1. The first-order chi connectivity index (χ1) is 11.0. The molecule has 2 aliphatic rings. The van der Waals surface area contributed by atoms with Gasteiger partial charge in [-0.2, -0.15) is 0 Å². The molecular weight excluding hydrogens is 324 g/mol. The van der Waals surface area contributed by atoms with Crippen LogP contribution in [0.15, 0.2) is 24.3 Å². The Bertz CT molecular complexity index is 543. The number of amides is 1. The molecule has 1 amide bonds. The standard InChI is InChI=1S/C19H28N2O2.ClH/c1-19(2,13-20)15-7-9-21(10-8-15)18(22)12-16-11-14-5-3-4-6-17(14)23-16;/h3-6,15-16H,7-13,20H2,1-2H3;1H/t16-;/m1./s1. The van der Waals surface area contributed by atoms with Crippen molar-refractivity contribution < 1.29 is 9.53 Å². The molecule has 0 spiro atoms. The predicted molar refractivity (Wildman–Crippen MR) is 98.6 cm³/mol. The summed E-state index contributed by atoms with van der Waals surface area (Å²) >= 11 is 0.